The number of ether oxygens (including phenoxy) is 2. The van der Waals surface area contributed by atoms with E-state index in [4.69, 9.17) is 9.47 Å². The van der Waals surface area contributed by atoms with Gasteiger partial charge in [-0.15, -0.1) is 0 Å². The number of nitrogens with zero attached hydrogens (tertiary/aromatic N) is 2. The van der Waals surface area contributed by atoms with Crippen LogP contribution in [0.15, 0.2) is 0 Å². The fourth-order valence-corrected chi connectivity index (χ4v) is 3.83. The van der Waals surface area contributed by atoms with Crippen LogP contribution >= 0.6 is 0 Å². The molecule has 0 aromatic carbocycles. The van der Waals surface area contributed by atoms with E-state index in [2.05, 4.69) is 32.6 Å². The zero-order chi connectivity index (χ0) is 26.0. The van der Waals surface area contributed by atoms with Crippen molar-refractivity contribution >= 4 is 17.8 Å². The van der Waals surface area contributed by atoms with Gasteiger partial charge < -0.3 is 19.3 Å². The number of carbonyl (C=O) groups excluding carboxylic acids is 3. The maximum atomic E-state index is 13.5. The molecule has 7 heteroatoms. The summed E-state index contributed by atoms with van der Waals surface area (Å²) in [6.07, 6.45) is 2.12. The minimum absolute atomic E-state index is 0.0386. The fraction of sp³-hybridized carbons (Fsp3) is 0.885. The van der Waals surface area contributed by atoms with Crippen LogP contribution < -0.4 is 0 Å². The lowest BCUT2D eigenvalue weighted by Crippen LogP contribution is -2.49. The van der Waals surface area contributed by atoms with Crippen molar-refractivity contribution < 1.29 is 23.9 Å². The third-order valence-corrected chi connectivity index (χ3v) is 6.40. The maximum Gasteiger partial charge on any atom is 0.308 e. The highest BCUT2D eigenvalue weighted by Crippen LogP contribution is 2.32. The zero-order valence-corrected chi connectivity index (χ0v) is 23.1. The SMILES string of the molecule is CCC(C)C(=O)OCCN(CCOC(=O)C(C)CC(C)C)C(=O)C(C)(C)CC(C)(C)N(C)C. The topological polar surface area (TPSA) is 76.1 Å². The minimum Gasteiger partial charge on any atom is -0.464 e. The summed E-state index contributed by atoms with van der Waals surface area (Å²) in [4.78, 5) is 41.6. The molecule has 0 rings (SSSR count). The predicted octanol–water partition coefficient (Wildman–Crippen LogP) is 4.39. The summed E-state index contributed by atoms with van der Waals surface area (Å²) in [5, 5.41) is 0. The van der Waals surface area contributed by atoms with Crippen molar-refractivity contribution in [1.82, 2.24) is 9.80 Å². The van der Waals surface area contributed by atoms with Crippen molar-refractivity contribution in [3.63, 3.8) is 0 Å². The third-order valence-electron chi connectivity index (χ3n) is 6.40. The molecular weight excluding hydrogens is 420 g/mol. The van der Waals surface area contributed by atoms with Crippen LogP contribution in [0, 0.1) is 23.2 Å². The van der Waals surface area contributed by atoms with E-state index in [1.165, 1.54) is 0 Å². The number of hydrogen-bond donors (Lipinski definition) is 0. The Morgan fingerprint density at radius 1 is 0.818 bits per heavy atom. The predicted molar refractivity (Wildman–Crippen MR) is 133 cm³/mol. The molecule has 0 fully saturated rings. The quantitative estimate of drug-likeness (QED) is 0.331. The lowest BCUT2D eigenvalue weighted by atomic mass is 9.78. The van der Waals surface area contributed by atoms with E-state index in [1.807, 2.05) is 48.7 Å². The van der Waals surface area contributed by atoms with E-state index in [1.54, 1.807) is 4.90 Å². The van der Waals surface area contributed by atoms with Gasteiger partial charge in [0.25, 0.3) is 0 Å². The first-order valence-corrected chi connectivity index (χ1v) is 12.3. The molecule has 0 radical (unpaired) electrons. The number of esters is 2. The first-order chi connectivity index (χ1) is 15.0. The smallest absolute Gasteiger partial charge is 0.308 e. The molecule has 7 nitrogen and oxygen atoms in total. The van der Waals surface area contributed by atoms with Gasteiger partial charge in [-0.2, -0.15) is 0 Å². The van der Waals surface area contributed by atoms with Gasteiger partial charge in [-0.25, -0.2) is 0 Å². The molecule has 0 aliphatic carbocycles. The van der Waals surface area contributed by atoms with Crippen molar-refractivity contribution in [2.75, 3.05) is 40.4 Å². The van der Waals surface area contributed by atoms with Crippen molar-refractivity contribution in [3.05, 3.63) is 0 Å². The second-order valence-corrected chi connectivity index (χ2v) is 11.2. The summed E-state index contributed by atoms with van der Waals surface area (Å²) < 4.78 is 10.9. The number of rotatable bonds is 15. The van der Waals surface area contributed by atoms with E-state index in [0.29, 0.717) is 18.8 Å². The van der Waals surface area contributed by atoms with Crippen LogP contribution in [-0.4, -0.2) is 73.6 Å². The van der Waals surface area contributed by atoms with Gasteiger partial charge in [-0.3, -0.25) is 14.4 Å². The fourth-order valence-electron chi connectivity index (χ4n) is 3.83. The summed E-state index contributed by atoms with van der Waals surface area (Å²) >= 11 is 0. The molecule has 0 aliphatic rings. The number of hydrogen-bond acceptors (Lipinski definition) is 6. The molecule has 0 aromatic rings. The van der Waals surface area contributed by atoms with E-state index < -0.39 is 5.41 Å². The van der Waals surface area contributed by atoms with E-state index in [-0.39, 0.29) is 61.5 Å². The highest BCUT2D eigenvalue weighted by Gasteiger charge is 2.38. The molecule has 194 valence electrons. The van der Waals surface area contributed by atoms with Gasteiger partial charge in [0.05, 0.1) is 24.9 Å². The average Bonchev–Trinajstić information content (AvgIpc) is 2.69. The van der Waals surface area contributed by atoms with Gasteiger partial charge in [-0.1, -0.05) is 48.5 Å². The van der Waals surface area contributed by atoms with Gasteiger partial charge in [-0.05, 0) is 53.1 Å². The van der Waals surface area contributed by atoms with Gasteiger partial charge >= 0.3 is 11.9 Å². The van der Waals surface area contributed by atoms with Crippen LogP contribution in [0.2, 0.25) is 0 Å². The summed E-state index contributed by atoms with van der Waals surface area (Å²) in [5.74, 6) is -0.480. The van der Waals surface area contributed by atoms with Gasteiger partial charge in [0.1, 0.15) is 13.2 Å². The Labute approximate surface area is 202 Å². The molecule has 0 saturated carbocycles. The van der Waals surface area contributed by atoms with Crippen molar-refractivity contribution in [2.24, 2.45) is 23.2 Å². The molecule has 0 heterocycles. The molecule has 0 bridgehead atoms. The summed E-state index contributed by atoms with van der Waals surface area (Å²) in [5.41, 5.74) is -0.809. The summed E-state index contributed by atoms with van der Waals surface area (Å²) in [6, 6.07) is 0. The molecule has 2 unspecified atom stereocenters. The lowest BCUT2D eigenvalue weighted by Gasteiger charge is -2.41. The largest absolute Gasteiger partial charge is 0.464 e. The molecule has 0 saturated heterocycles. The Balaban J connectivity index is 5.25. The van der Waals surface area contributed by atoms with Crippen LogP contribution in [-0.2, 0) is 23.9 Å². The molecule has 0 aromatic heterocycles. The van der Waals surface area contributed by atoms with Gasteiger partial charge in [0.2, 0.25) is 5.91 Å². The van der Waals surface area contributed by atoms with Crippen LogP contribution in [0.25, 0.3) is 0 Å². The molecule has 1 amide bonds. The Morgan fingerprint density at radius 2 is 1.27 bits per heavy atom. The van der Waals surface area contributed by atoms with Crippen LogP contribution in [0.5, 0.6) is 0 Å². The van der Waals surface area contributed by atoms with Crippen molar-refractivity contribution in [2.45, 2.75) is 87.1 Å². The number of carbonyl (C=O) groups is 3. The van der Waals surface area contributed by atoms with Crippen LogP contribution in [0.4, 0.5) is 0 Å². The Hall–Kier alpha value is -1.63. The first kappa shape index (κ1) is 31.4. The molecule has 0 N–H and O–H groups in total. The van der Waals surface area contributed by atoms with E-state index >= 15 is 0 Å². The minimum atomic E-state index is -0.635. The Morgan fingerprint density at radius 3 is 1.67 bits per heavy atom. The van der Waals surface area contributed by atoms with Crippen LogP contribution in [0.1, 0.15) is 81.6 Å². The zero-order valence-electron chi connectivity index (χ0n) is 23.1. The highest BCUT2D eigenvalue weighted by atomic mass is 16.5. The normalized spacial score (nSPS) is 14.2. The van der Waals surface area contributed by atoms with Gasteiger partial charge in [0, 0.05) is 11.0 Å². The molecule has 33 heavy (non-hydrogen) atoms. The van der Waals surface area contributed by atoms with Gasteiger partial charge in [0.15, 0.2) is 0 Å². The highest BCUT2D eigenvalue weighted by molar-refractivity contribution is 5.82. The van der Waals surface area contributed by atoms with Crippen molar-refractivity contribution in [1.29, 1.82) is 0 Å². The standard InChI is InChI=1S/C26H50N2O5/c1-12-20(4)22(29)32-15-13-28(14-16-33-23(30)21(5)17-19(2)3)24(31)25(6,7)18-26(8,9)27(10)11/h19-21H,12-18H2,1-11H3. The summed E-state index contributed by atoms with van der Waals surface area (Å²) in [6.45, 7) is 18.7. The van der Waals surface area contributed by atoms with E-state index in [0.717, 1.165) is 6.42 Å². The maximum absolute atomic E-state index is 13.5. The molecule has 2 atom stereocenters. The van der Waals surface area contributed by atoms with E-state index in [9.17, 15) is 14.4 Å². The molecule has 0 spiro atoms. The first-order valence-electron chi connectivity index (χ1n) is 12.3. The van der Waals surface area contributed by atoms with Crippen LogP contribution in [0.3, 0.4) is 0 Å². The molecular formula is C26H50N2O5. The third kappa shape index (κ3) is 11.4. The Bertz CT molecular complexity index is 628. The Kier molecular flexibility index (Phi) is 13.2. The molecule has 0 aliphatic heterocycles. The monoisotopic (exact) mass is 470 g/mol. The average molecular weight is 471 g/mol. The summed E-state index contributed by atoms with van der Waals surface area (Å²) in [7, 11) is 4.01. The second kappa shape index (κ2) is 13.9. The lowest BCUT2D eigenvalue weighted by molar-refractivity contribution is -0.154. The second-order valence-electron chi connectivity index (χ2n) is 11.2. The number of amides is 1. The van der Waals surface area contributed by atoms with Crippen molar-refractivity contribution in [3.8, 4) is 0 Å².